The lowest BCUT2D eigenvalue weighted by Crippen LogP contribution is -2.46. The van der Waals surface area contributed by atoms with Gasteiger partial charge in [-0.2, -0.15) is 0 Å². The fourth-order valence-electron chi connectivity index (χ4n) is 0.974. The van der Waals surface area contributed by atoms with Gasteiger partial charge in [-0.3, -0.25) is 4.79 Å². The lowest BCUT2D eigenvalue weighted by molar-refractivity contribution is -0.132. The van der Waals surface area contributed by atoms with Crippen LogP contribution in [0.4, 0.5) is 0 Å². The number of hydrogen-bond acceptors (Lipinski definition) is 3. The molecule has 0 fully saturated rings. The maximum Gasteiger partial charge on any atom is 0.332 e. The summed E-state index contributed by atoms with van der Waals surface area (Å²) in [4.78, 5) is 21.3. The Labute approximate surface area is 83.0 Å². The first-order valence-electron chi connectivity index (χ1n) is 4.30. The van der Waals surface area contributed by atoms with Gasteiger partial charge in [-0.05, 0) is 5.92 Å². The van der Waals surface area contributed by atoms with Crippen LogP contribution in [0.1, 0.15) is 13.8 Å². The zero-order valence-electron chi connectivity index (χ0n) is 8.41. The third kappa shape index (κ3) is 4.04. The number of amides is 1. The summed E-state index contributed by atoms with van der Waals surface area (Å²) in [6, 6.07) is -0.522. The van der Waals surface area contributed by atoms with Crippen molar-refractivity contribution in [3.05, 3.63) is 12.2 Å². The summed E-state index contributed by atoms with van der Waals surface area (Å²) in [7, 11) is 0. The Morgan fingerprint density at radius 1 is 1.50 bits per heavy atom. The van der Waals surface area contributed by atoms with Gasteiger partial charge in [0.2, 0.25) is 5.91 Å². The first kappa shape index (κ1) is 12.6. The molecule has 0 spiro atoms. The second-order valence-corrected chi connectivity index (χ2v) is 3.41. The average molecular weight is 200 g/mol. The molecule has 1 amide bonds. The van der Waals surface area contributed by atoms with Crippen LogP contribution in [0.5, 0.6) is 0 Å². The molecule has 0 aromatic carbocycles. The number of hydrogen-bond donors (Lipinski definition) is 3. The third-order valence-corrected chi connectivity index (χ3v) is 1.81. The highest BCUT2D eigenvalue weighted by atomic mass is 16.4. The SMILES string of the molecule is C=C(CNC(C(N)=O)C(C)C)C(=O)O. The van der Waals surface area contributed by atoms with E-state index >= 15 is 0 Å². The molecule has 0 bridgehead atoms. The van der Waals surface area contributed by atoms with Gasteiger partial charge < -0.3 is 16.2 Å². The molecule has 0 aliphatic carbocycles. The van der Waals surface area contributed by atoms with E-state index in [9.17, 15) is 9.59 Å². The van der Waals surface area contributed by atoms with Crippen molar-refractivity contribution < 1.29 is 14.7 Å². The number of carboxylic acid groups (broad SMARTS) is 1. The highest BCUT2D eigenvalue weighted by molar-refractivity contribution is 5.86. The first-order chi connectivity index (χ1) is 6.36. The topological polar surface area (TPSA) is 92.4 Å². The van der Waals surface area contributed by atoms with Crippen LogP contribution in [-0.2, 0) is 9.59 Å². The van der Waals surface area contributed by atoms with Crippen molar-refractivity contribution in [3.8, 4) is 0 Å². The molecular weight excluding hydrogens is 184 g/mol. The molecule has 0 aromatic heterocycles. The summed E-state index contributed by atoms with van der Waals surface area (Å²) >= 11 is 0. The second-order valence-electron chi connectivity index (χ2n) is 3.41. The monoisotopic (exact) mass is 200 g/mol. The van der Waals surface area contributed by atoms with Gasteiger partial charge in [0.1, 0.15) is 0 Å². The fraction of sp³-hybridized carbons (Fsp3) is 0.556. The minimum atomic E-state index is -1.08. The van der Waals surface area contributed by atoms with Gasteiger partial charge in [-0.25, -0.2) is 4.79 Å². The molecule has 0 radical (unpaired) electrons. The number of carbonyl (C=O) groups excluding carboxylic acids is 1. The van der Waals surface area contributed by atoms with Crippen LogP contribution in [0.15, 0.2) is 12.2 Å². The predicted molar refractivity (Wildman–Crippen MR) is 52.6 cm³/mol. The van der Waals surface area contributed by atoms with Gasteiger partial charge in [0.25, 0.3) is 0 Å². The Kier molecular flexibility index (Phi) is 4.86. The van der Waals surface area contributed by atoms with Crippen LogP contribution in [0.25, 0.3) is 0 Å². The molecule has 14 heavy (non-hydrogen) atoms. The molecule has 0 saturated carbocycles. The molecule has 0 aromatic rings. The van der Waals surface area contributed by atoms with Gasteiger partial charge in [0.05, 0.1) is 6.04 Å². The Morgan fingerprint density at radius 2 is 2.00 bits per heavy atom. The molecule has 0 aliphatic heterocycles. The van der Waals surface area contributed by atoms with Crippen molar-refractivity contribution in [2.24, 2.45) is 11.7 Å². The molecule has 5 nitrogen and oxygen atoms in total. The molecular formula is C9H16N2O3. The lowest BCUT2D eigenvalue weighted by Gasteiger charge is -2.18. The van der Waals surface area contributed by atoms with Crippen LogP contribution >= 0.6 is 0 Å². The summed E-state index contributed by atoms with van der Waals surface area (Å²) in [6.45, 7) is 7.04. The molecule has 0 aliphatic rings. The van der Waals surface area contributed by atoms with E-state index in [1.54, 1.807) is 0 Å². The minimum absolute atomic E-state index is 0.0110. The highest BCUT2D eigenvalue weighted by Gasteiger charge is 2.19. The van der Waals surface area contributed by atoms with Crippen molar-refractivity contribution in [2.45, 2.75) is 19.9 Å². The Bertz CT molecular complexity index is 248. The average Bonchev–Trinajstić information content (AvgIpc) is 2.02. The first-order valence-corrected chi connectivity index (χ1v) is 4.30. The van der Waals surface area contributed by atoms with Crippen molar-refractivity contribution >= 4 is 11.9 Å². The van der Waals surface area contributed by atoms with E-state index < -0.39 is 17.9 Å². The molecule has 80 valence electrons. The standard InChI is InChI=1S/C9H16N2O3/c1-5(2)7(8(10)12)11-4-6(3)9(13)14/h5,7,11H,3-4H2,1-2H3,(H2,10,12)(H,13,14). The molecule has 4 N–H and O–H groups in total. The van der Waals surface area contributed by atoms with Crippen LogP contribution in [0.3, 0.4) is 0 Å². The van der Waals surface area contributed by atoms with Gasteiger partial charge in [-0.15, -0.1) is 0 Å². The number of carbonyl (C=O) groups is 2. The normalized spacial score (nSPS) is 12.5. The van der Waals surface area contributed by atoms with E-state index in [0.717, 1.165) is 0 Å². The summed E-state index contributed by atoms with van der Waals surface area (Å²) < 4.78 is 0. The zero-order valence-corrected chi connectivity index (χ0v) is 8.41. The van der Waals surface area contributed by atoms with Crippen LogP contribution in [0, 0.1) is 5.92 Å². The Hall–Kier alpha value is -1.36. The van der Waals surface area contributed by atoms with Crippen LogP contribution in [-0.4, -0.2) is 29.6 Å². The maximum atomic E-state index is 10.9. The van der Waals surface area contributed by atoms with Crippen molar-refractivity contribution in [1.82, 2.24) is 5.32 Å². The number of nitrogens with two attached hydrogens (primary N) is 1. The fourth-order valence-corrected chi connectivity index (χ4v) is 0.974. The van der Waals surface area contributed by atoms with Crippen molar-refractivity contribution in [2.75, 3.05) is 6.54 Å². The van der Waals surface area contributed by atoms with Gasteiger partial charge >= 0.3 is 5.97 Å². The Balaban J connectivity index is 4.14. The number of nitrogens with one attached hydrogen (secondary N) is 1. The van der Waals surface area contributed by atoms with Gasteiger partial charge in [0, 0.05) is 12.1 Å². The third-order valence-electron chi connectivity index (χ3n) is 1.81. The van der Waals surface area contributed by atoms with E-state index in [4.69, 9.17) is 10.8 Å². The van der Waals surface area contributed by atoms with E-state index in [1.165, 1.54) is 0 Å². The largest absolute Gasteiger partial charge is 0.478 e. The molecule has 5 heteroatoms. The number of aliphatic carboxylic acids is 1. The molecule has 1 unspecified atom stereocenters. The highest BCUT2D eigenvalue weighted by Crippen LogP contribution is 2.01. The van der Waals surface area contributed by atoms with Crippen molar-refractivity contribution in [3.63, 3.8) is 0 Å². The zero-order chi connectivity index (χ0) is 11.3. The quantitative estimate of drug-likeness (QED) is 0.514. The van der Waals surface area contributed by atoms with E-state index in [1.807, 2.05) is 13.8 Å². The summed E-state index contributed by atoms with van der Waals surface area (Å²) in [5, 5.41) is 11.3. The number of carboxylic acids is 1. The van der Waals surface area contributed by atoms with E-state index in [0.29, 0.717) is 0 Å². The summed E-state index contributed by atoms with van der Waals surface area (Å²) in [5.41, 5.74) is 5.13. The van der Waals surface area contributed by atoms with Gasteiger partial charge in [-0.1, -0.05) is 20.4 Å². The lowest BCUT2D eigenvalue weighted by atomic mass is 10.0. The smallest absolute Gasteiger partial charge is 0.332 e. The van der Waals surface area contributed by atoms with E-state index in [-0.39, 0.29) is 18.0 Å². The Morgan fingerprint density at radius 3 is 2.29 bits per heavy atom. The number of rotatable bonds is 6. The molecule has 0 heterocycles. The summed E-state index contributed by atoms with van der Waals surface area (Å²) in [5.74, 6) is -1.54. The van der Waals surface area contributed by atoms with Crippen molar-refractivity contribution in [1.29, 1.82) is 0 Å². The number of primary amides is 1. The van der Waals surface area contributed by atoms with E-state index in [2.05, 4.69) is 11.9 Å². The van der Waals surface area contributed by atoms with Crippen LogP contribution in [0.2, 0.25) is 0 Å². The molecule has 0 saturated heterocycles. The summed E-state index contributed by atoms with van der Waals surface area (Å²) in [6.07, 6.45) is 0. The molecule has 0 rings (SSSR count). The second kappa shape index (κ2) is 5.39. The predicted octanol–water partition coefficient (Wildman–Crippen LogP) is -0.273. The minimum Gasteiger partial charge on any atom is -0.478 e. The molecule has 1 atom stereocenters. The maximum absolute atomic E-state index is 10.9. The van der Waals surface area contributed by atoms with Gasteiger partial charge in [0.15, 0.2) is 0 Å². The van der Waals surface area contributed by atoms with Crippen LogP contribution < -0.4 is 11.1 Å².